The minimum Gasteiger partial charge on any atom is -0.146 e. The van der Waals surface area contributed by atoms with Gasteiger partial charge in [0.25, 0.3) is 0 Å². The quantitative estimate of drug-likeness (QED) is 0.590. The molecule has 0 bridgehead atoms. The first-order chi connectivity index (χ1) is 5.86. The van der Waals surface area contributed by atoms with Gasteiger partial charge in [-0.3, -0.25) is 0 Å². The van der Waals surface area contributed by atoms with Crippen molar-refractivity contribution in [1.29, 1.82) is 0 Å². The fourth-order valence-electron chi connectivity index (χ4n) is 0.999. The summed E-state index contributed by atoms with van der Waals surface area (Å²) in [6.07, 6.45) is 5.89. The van der Waals surface area contributed by atoms with Crippen molar-refractivity contribution in [3.05, 3.63) is 23.7 Å². The second kappa shape index (κ2) is 5.43. The zero-order chi connectivity index (χ0) is 8.81. The second-order valence-corrected chi connectivity index (χ2v) is 4.15. The molecule has 0 aliphatic carbocycles. The normalized spacial score (nSPS) is 12.8. The molecule has 0 spiro atoms. The van der Waals surface area contributed by atoms with Crippen molar-refractivity contribution in [1.82, 2.24) is 9.59 Å². The van der Waals surface area contributed by atoms with E-state index < -0.39 is 0 Å². The predicted molar refractivity (Wildman–Crippen MR) is 55.7 cm³/mol. The summed E-state index contributed by atoms with van der Waals surface area (Å²) in [5.41, 5.74) is 0. The molecule has 1 rings (SSSR count). The third-order valence-corrected chi connectivity index (χ3v) is 3.21. The average molecular weight is 247 g/mol. The minimum atomic E-state index is 0.629. The van der Waals surface area contributed by atoms with Crippen LogP contribution >= 0.6 is 27.5 Å². The number of aromatic nitrogens is 2. The lowest BCUT2D eigenvalue weighted by Gasteiger charge is -2.08. The third kappa shape index (κ3) is 3.03. The Bertz CT molecular complexity index is 223. The van der Waals surface area contributed by atoms with E-state index in [2.05, 4.69) is 32.1 Å². The summed E-state index contributed by atoms with van der Waals surface area (Å²) in [5, 5.41) is 4.81. The lowest BCUT2D eigenvalue weighted by Crippen LogP contribution is -2.03. The molecular formula is C8H11BrN2S. The highest BCUT2D eigenvalue weighted by atomic mass is 79.9. The average Bonchev–Trinajstić information content (AvgIpc) is 2.56. The molecule has 0 radical (unpaired) electrons. The second-order valence-electron chi connectivity index (χ2n) is 2.63. The maximum atomic E-state index is 3.82. The first-order valence-electron chi connectivity index (χ1n) is 3.80. The lowest BCUT2D eigenvalue weighted by atomic mass is 10.0. The fourth-order valence-corrected chi connectivity index (χ4v) is 2.10. The van der Waals surface area contributed by atoms with Crippen molar-refractivity contribution >= 4 is 27.5 Å². The number of alkyl halides is 1. The van der Waals surface area contributed by atoms with Gasteiger partial charge in [0.1, 0.15) is 0 Å². The van der Waals surface area contributed by atoms with Crippen LogP contribution in [0.3, 0.4) is 0 Å². The van der Waals surface area contributed by atoms with Gasteiger partial charge in [-0.2, -0.15) is 0 Å². The van der Waals surface area contributed by atoms with E-state index in [1.807, 2.05) is 12.3 Å². The van der Waals surface area contributed by atoms with Crippen LogP contribution in [0.4, 0.5) is 0 Å². The zero-order valence-electron chi connectivity index (χ0n) is 6.74. The molecule has 0 amide bonds. The minimum absolute atomic E-state index is 0.629. The van der Waals surface area contributed by atoms with Crippen LogP contribution in [0.15, 0.2) is 18.9 Å². The van der Waals surface area contributed by atoms with E-state index >= 15 is 0 Å². The van der Waals surface area contributed by atoms with Gasteiger partial charge in [0, 0.05) is 10.2 Å². The predicted octanol–water partition coefficient (Wildman–Crippen LogP) is 2.67. The zero-order valence-corrected chi connectivity index (χ0v) is 9.14. The topological polar surface area (TPSA) is 25.8 Å². The monoisotopic (exact) mass is 246 g/mol. The Balaban J connectivity index is 2.42. The first-order valence-corrected chi connectivity index (χ1v) is 5.69. The van der Waals surface area contributed by atoms with Crippen LogP contribution in [0, 0.1) is 5.92 Å². The molecule has 1 aromatic rings. The molecule has 1 unspecified atom stereocenters. The Hall–Kier alpha value is -0.220. The molecule has 0 saturated carbocycles. The SMILES string of the molecule is C=CCC(CBr)Cc1cnns1. The van der Waals surface area contributed by atoms with E-state index in [-0.39, 0.29) is 0 Å². The molecule has 1 heterocycles. The molecule has 0 aliphatic heterocycles. The fraction of sp³-hybridized carbons (Fsp3) is 0.500. The van der Waals surface area contributed by atoms with Crippen molar-refractivity contribution in [3.63, 3.8) is 0 Å². The van der Waals surface area contributed by atoms with Crippen molar-refractivity contribution in [2.75, 3.05) is 5.33 Å². The first kappa shape index (κ1) is 9.86. The third-order valence-electron chi connectivity index (χ3n) is 1.62. The highest BCUT2D eigenvalue weighted by molar-refractivity contribution is 9.09. The van der Waals surface area contributed by atoms with Gasteiger partial charge in [-0.05, 0) is 30.3 Å². The molecule has 0 aromatic carbocycles. The largest absolute Gasteiger partial charge is 0.146 e. The molecule has 2 nitrogen and oxygen atoms in total. The van der Waals surface area contributed by atoms with Gasteiger partial charge in [0.05, 0.1) is 6.20 Å². The van der Waals surface area contributed by atoms with E-state index in [0.717, 1.165) is 18.2 Å². The van der Waals surface area contributed by atoms with Gasteiger partial charge in [0.15, 0.2) is 0 Å². The molecule has 0 fully saturated rings. The van der Waals surface area contributed by atoms with Crippen LogP contribution in [0.1, 0.15) is 11.3 Å². The van der Waals surface area contributed by atoms with Gasteiger partial charge in [-0.15, -0.1) is 11.7 Å². The number of halogens is 1. The molecule has 0 N–H and O–H groups in total. The summed E-state index contributed by atoms with van der Waals surface area (Å²) in [6.45, 7) is 3.73. The summed E-state index contributed by atoms with van der Waals surface area (Å²) in [6, 6.07) is 0. The molecule has 12 heavy (non-hydrogen) atoms. The van der Waals surface area contributed by atoms with Crippen molar-refractivity contribution in [2.24, 2.45) is 5.92 Å². The summed E-state index contributed by atoms with van der Waals surface area (Å²) in [7, 11) is 0. The maximum Gasteiger partial charge on any atom is 0.0653 e. The summed E-state index contributed by atoms with van der Waals surface area (Å²) >= 11 is 4.95. The van der Waals surface area contributed by atoms with Crippen LogP contribution < -0.4 is 0 Å². The standard InChI is InChI=1S/C8H11BrN2S/c1-2-3-7(5-9)4-8-6-10-11-12-8/h2,6-7H,1,3-5H2. The molecule has 1 atom stereocenters. The van der Waals surface area contributed by atoms with Crippen LogP contribution in [0.2, 0.25) is 0 Å². The number of rotatable bonds is 5. The molecular weight excluding hydrogens is 236 g/mol. The van der Waals surface area contributed by atoms with Gasteiger partial charge in [-0.25, -0.2) is 0 Å². The molecule has 0 saturated heterocycles. The van der Waals surface area contributed by atoms with Crippen LogP contribution in [0.25, 0.3) is 0 Å². The Morgan fingerprint density at radius 1 is 1.75 bits per heavy atom. The van der Waals surface area contributed by atoms with Crippen LogP contribution in [-0.4, -0.2) is 14.9 Å². The smallest absolute Gasteiger partial charge is 0.0653 e. The highest BCUT2D eigenvalue weighted by Crippen LogP contribution is 2.16. The highest BCUT2D eigenvalue weighted by Gasteiger charge is 2.07. The van der Waals surface area contributed by atoms with E-state index in [1.54, 1.807) is 0 Å². The molecule has 0 aliphatic rings. The lowest BCUT2D eigenvalue weighted by molar-refractivity contribution is 0.610. The Kier molecular flexibility index (Phi) is 4.46. The molecule has 66 valence electrons. The van der Waals surface area contributed by atoms with Crippen molar-refractivity contribution < 1.29 is 0 Å². The van der Waals surface area contributed by atoms with E-state index in [4.69, 9.17) is 0 Å². The summed E-state index contributed by atoms with van der Waals surface area (Å²) in [5.74, 6) is 0.629. The van der Waals surface area contributed by atoms with Gasteiger partial charge in [-0.1, -0.05) is 26.5 Å². The number of allylic oxidation sites excluding steroid dienone is 1. The van der Waals surface area contributed by atoms with Crippen molar-refractivity contribution in [2.45, 2.75) is 12.8 Å². The molecule has 4 heteroatoms. The van der Waals surface area contributed by atoms with Gasteiger partial charge >= 0.3 is 0 Å². The summed E-state index contributed by atoms with van der Waals surface area (Å²) in [4.78, 5) is 1.25. The van der Waals surface area contributed by atoms with Crippen molar-refractivity contribution in [3.8, 4) is 0 Å². The Morgan fingerprint density at radius 3 is 3.08 bits per heavy atom. The van der Waals surface area contributed by atoms with Crippen LogP contribution in [-0.2, 0) is 6.42 Å². The summed E-state index contributed by atoms with van der Waals surface area (Å²) < 4.78 is 3.82. The van der Waals surface area contributed by atoms with E-state index in [0.29, 0.717) is 5.92 Å². The van der Waals surface area contributed by atoms with E-state index in [1.165, 1.54) is 16.4 Å². The number of hydrogen-bond donors (Lipinski definition) is 0. The number of hydrogen-bond acceptors (Lipinski definition) is 3. The van der Waals surface area contributed by atoms with Gasteiger partial charge < -0.3 is 0 Å². The number of nitrogens with zero attached hydrogens (tertiary/aromatic N) is 2. The van der Waals surface area contributed by atoms with Crippen LogP contribution in [0.5, 0.6) is 0 Å². The van der Waals surface area contributed by atoms with Gasteiger partial charge in [0.2, 0.25) is 0 Å². The Morgan fingerprint density at radius 2 is 2.58 bits per heavy atom. The van der Waals surface area contributed by atoms with E-state index in [9.17, 15) is 0 Å². The Labute approximate surface area is 85.0 Å². The maximum absolute atomic E-state index is 3.82. The molecule has 1 aromatic heterocycles.